The lowest BCUT2D eigenvalue weighted by molar-refractivity contribution is -0.124. The van der Waals surface area contributed by atoms with Crippen molar-refractivity contribution in [2.24, 2.45) is 0 Å². The summed E-state index contributed by atoms with van der Waals surface area (Å²) < 4.78 is 6.11. The molecule has 1 unspecified atom stereocenters. The maximum absolute atomic E-state index is 12.5. The van der Waals surface area contributed by atoms with E-state index in [0.717, 1.165) is 28.3 Å². The number of likely N-dealkylation sites (N-methyl/N-ethyl adjacent to an activating group) is 1. The summed E-state index contributed by atoms with van der Waals surface area (Å²) >= 11 is 0. The number of carbonyl (C=O) groups is 1. The minimum absolute atomic E-state index is 0.0220. The summed E-state index contributed by atoms with van der Waals surface area (Å²) in [6.07, 6.45) is 7.48. The van der Waals surface area contributed by atoms with Crippen LogP contribution in [0.1, 0.15) is 5.56 Å². The van der Waals surface area contributed by atoms with Crippen LogP contribution in [0.5, 0.6) is 5.75 Å². The van der Waals surface area contributed by atoms with Gasteiger partial charge in [0.1, 0.15) is 11.9 Å². The van der Waals surface area contributed by atoms with Crippen LogP contribution in [0.25, 0.3) is 16.3 Å². The van der Waals surface area contributed by atoms with Gasteiger partial charge in [-0.15, -0.1) is 0 Å². The van der Waals surface area contributed by atoms with Gasteiger partial charge in [-0.25, -0.2) is 0 Å². The molecule has 1 amide bonds. The van der Waals surface area contributed by atoms with Crippen LogP contribution in [-0.4, -0.2) is 31.0 Å². The van der Waals surface area contributed by atoms with Crippen molar-refractivity contribution in [1.29, 1.82) is 0 Å². The molecule has 2 aliphatic rings. The van der Waals surface area contributed by atoms with Crippen molar-refractivity contribution in [1.82, 2.24) is 4.90 Å². The fourth-order valence-corrected chi connectivity index (χ4v) is 3.95. The molecule has 1 aliphatic heterocycles. The number of carbonyl (C=O) groups excluding carboxylic acids is 1. The van der Waals surface area contributed by atoms with Gasteiger partial charge >= 0.3 is 0 Å². The molecule has 1 atom stereocenters. The first-order valence-corrected chi connectivity index (χ1v) is 9.98. The highest BCUT2D eigenvalue weighted by molar-refractivity contribution is 6.00. The van der Waals surface area contributed by atoms with E-state index in [9.17, 15) is 4.79 Å². The Balaban J connectivity index is 1.52. The fourth-order valence-electron chi connectivity index (χ4n) is 3.95. The summed E-state index contributed by atoms with van der Waals surface area (Å²) in [7, 11) is 3.53. The van der Waals surface area contributed by atoms with Gasteiger partial charge in [-0.1, -0.05) is 42.5 Å². The number of hydrogen-bond donors (Lipinski definition) is 1. The molecular formula is C26H22N2O2. The van der Waals surface area contributed by atoms with Gasteiger partial charge in [-0.3, -0.25) is 4.79 Å². The van der Waals surface area contributed by atoms with E-state index in [1.54, 1.807) is 19.0 Å². The van der Waals surface area contributed by atoms with Crippen LogP contribution in [0, 0.1) is 0 Å². The average Bonchev–Trinajstić information content (AvgIpc) is 2.95. The molecule has 3 aromatic carbocycles. The van der Waals surface area contributed by atoms with Crippen molar-refractivity contribution in [2.75, 3.05) is 19.4 Å². The molecule has 30 heavy (non-hydrogen) atoms. The largest absolute Gasteiger partial charge is 0.481 e. The third-order valence-corrected chi connectivity index (χ3v) is 5.45. The molecule has 3 aromatic rings. The number of allylic oxidation sites excluding steroid dienone is 2. The summed E-state index contributed by atoms with van der Waals surface area (Å²) in [4.78, 5) is 14.1. The highest BCUT2D eigenvalue weighted by Gasteiger charge is 2.29. The van der Waals surface area contributed by atoms with Gasteiger partial charge in [-0.2, -0.15) is 0 Å². The van der Waals surface area contributed by atoms with E-state index < -0.39 is 0 Å². The van der Waals surface area contributed by atoms with E-state index in [1.807, 2.05) is 48.6 Å². The second kappa shape index (κ2) is 7.23. The molecule has 0 radical (unpaired) electrons. The van der Waals surface area contributed by atoms with Gasteiger partial charge in [0, 0.05) is 47.6 Å². The predicted octanol–water partition coefficient (Wildman–Crippen LogP) is 5.31. The minimum Gasteiger partial charge on any atom is -0.481 e. The summed E-state index contributed by atoms with van der Waals surface area (Å²) in [6, 6.07) is 20.7. The first kappa shape index (κ1) is 18.3. The number of amides is 1. The molecule has 1 aliphatic carbocycles. The number of ether oxygens (including phenoxy) is 1. The molecule has 0 fully saturated rings. The molecule has 1 N–H and O–H groups in total. The van der Waals surface area contributed by atoms with Gasteiger partial charge in [0.25, 0.3) is 5.91 Å². The topological polar surface area (TPSA) is 41.6 Å². The number of hydrogen-bond acceptors (Lipinski definition) is 3. The normalized spacial score (nSPS) is 16.7. The standard InChI is InChI=1S/C26H22N2O2/c1-28(2)26(29)18-9-6-12-24-21(15-18)22-16-19(13-14-25(22)30-24)27-23-11-5-8-17-7-3-4-10-20(17)23/h3-16,24,27H,1-2H3. The third kappa shape index (κ3) is 3.16. The summed E-state index contributed by atoms with van der Waals surface area (Å²) in [6.45, 7) is 0. The molecule has 148 valence electrons. The maximum Gasteiger partial charge on any atom is 0.253 e. The van der Waals surface area contributed by atoms with Crippen LogP contribution in [0.4, 0.5) is 11.4 Å². The van der Waals surface area contributed by atoms with Crippen molar-refractivity contribution in [3.05, 3.63) is 96.1 Å². The van der Waals surface area contributed by atoms with Crippen LogP contribution < -0.4 is 10.1 Å². The Labute approximate surface area is 175 Å². The third-order valence-electron chi connectivity index (χ3n) is 5.45. The number of nitrogens with zero attached hydrogens (tertiary/aromatic N) is 1. The second-order valence-electron chi connectivity index (χ2n) is 7.71. The zero-order chi connectivity index (χ0) is 20.7. The number of rotatable bonds is 3. The van der Waals surface area contributed by atoms with Crippen LogP contribution in [-0.2, 0) is 4.79 Å². The smallest absolute Gasteiger partial charge is 0.253 e. The van der Waals surface area contributed by atoms with Crippen molar-refractivity contribution in [2.45, 2.75) is 6.10 Å². The summed E-state index contributed by atoms with van der Waals surface area (Å²) in [5.41, 5.74) is 4.70. The SMILES string of the molecule is CN(C)C(=O)C1=CC=CC2Oc3ccc(Nc4cccc5ccccc45)cc3C2=C1. The molecule has 0 aromatic heterocycles. The molecule has 5 rings (SSSR count). The Kier molecular flexibility index (Phi) is 4.40. The second-order valence-corrected chi connectivity index (χ2v) is 7.71. The average molecular weight is 394 g/mol. The van der Waals surface area contributed by atoms with Crippen LogP contribution in [0.15, 0.2) is 90.5 Å². The quantitative estimate of drug-likeness (QED) is 0.654. The molecular weight excluding hydrogens is 372 g/mol. The molecule has 0 bridgehead atoms. The fraction of sp³-hybridized carbons (Fsp3) is 0.115. The summed E-state index contributed by atoms with van der Waals surface area (Å²) in [5, 5.41) is 5.92. The number of fused-ring (bicyclic) bond motifs is 4. The molecule has 4 nitrogen and oxygen atoms in total. The molecule has 1 heterocycles. The van der Waals surface area contributed by atoms with Crippen molar-refractivity contribution < 1.29 is 9.53 Å². The first-order valence-electron chi connectivity index (χ1n) is 9.98. The van der Waals surface area contributed by atoms with E-state index >= 15 is 0 Å². The number of benzene rings is 3. The van der Waals surface area contributed by atoms with E-state index in [1.165, 1.54) is 10.8 Å². The lowest BCUT2D eigenvalue weighted by atomic mass is 9.99. The van der Waals surface area contributed by atoms with E-state index in [-0.39, 0.29) is 12.0 Å². The first-order chi connectivity index (χ1) is 14.6. The maximum atomic E-state index is 12.5. The Morgan fingerprint density at radius 3 is 2.73 bits per heavy atom. The lowest BCUT2D eigenvalue weighted by Crippen LogP contribution is -2.22. The van der Waals surface area contributed by atoms with E-state index in [0.29, 0.717) is 5.57 Å². The summed E-state index contributed by atoms with van der Waals surface area (Å²) in [5.74, 6) is 0.809. The molecule has 0 saturated heterocycles. The van der Waals surface area contributed by atoms with E-state index in [2.05, 4.69) is 41.7 Å². The minimum atomic E-state index is -0.184. The van der Waals surface area contributed by atoms with Gasteiger partial charge in [0.05, 0.1) is 0 Å². The number of nitrogens with one attached hydrogen (secondary N) is 1. The number of anilines is 2. The van der Waals surface area contributed by atoms with Gasteiger partial charge in [0.15, 0.2) is 0 Å². The Hall–Kier alpha value is -3.79. The van der Waals surface area contributed by atoms with Gasteiger partial charge in [0.2, 0.25) is 0 Å². The Bertz CT molecular complexity index is 1250. The highest BCUT2D eigenvalue weighted by atomic mass is 16.5. The highest BCUT2D eigenvalue weighted by Crippen LogP contribution is 2.41. The Morgan fingerprint density at radius 1 is 1.03 bits per heavy atom. The lowest BCUT2D eigenvalue weighted by Gasteiger charge is -2.12. The van der Waals surface area contributed by atoms with Crippen LogP contribution >= 0.6 is 0 Å². The molecule has 0 spiro atoms. The van der Waals surface area contributed by atoms with Crippen molar-refractivity contribution in [3.63, 3.8) is 0 Å². The van der Waals surface area contributed by atoms with Gasteiger partial charge in [-0.05, 0) is 47.9 Å². The van der Waals surface area contributed by atoms with Crippen LogP contribution in [0.2, 0.25) is 0 Å². The predicted molar refractivity (Wildman–Crippen MR) is 122 cm³/mol. The monoisotopic (exact) mass is 394 g/mol. The zero-order valence-corrected chi connectivity index (χ0v) is 16.9. The van der Waals surface area contributed by atoms with Gasteiger partial charge < -0.3 is 15.0 Å². The Morgan fingerprint density at radius 2 is 1.87 bits per heavy atom. The van der Waals surface area contributed by atoms with Crippen molar-refractivity contribution >= 4 is 33.6 Å². The zero-order valence-electron chi connectivity index (χ0n) is 16.9. The molecule has 4 heteroatoms. The van der Waals surface area contributed by atoms with Crippen LogP contribution in [0.3, 0.4) is 0 Å². The van der Waals surface area contributed by atoms with Crippen molar-refractivity contribution in [3.8, 4) is 5.75 Å². The van der Waals surface area contributed by atoms with E-state index in [4.69, 9.17) is 4.74 Å². The molecule has 0 saturated carbocycles.